The van der Waals surface area contributed by atoms with Crippen molar-refractivity contribution in [3.63, 3.8) is 0 Å². The van der Waals surface area contributed by atoms with Crippen LogP contribution >= 0.6 is 23.1 Å². The van der Waals surface area contributed by atoms with Crippen LogP contribution in [0.15, 0.2) is 34.5 Å². The molecular weight excluding hydrogens is 284 g/mol. The molecule has 20 heavy (non-hydrogen) atoms. The third-order valence-corrected chi connectivity index (χ3v) is 5.71. The topological polar surface area (TPSA) is 38.9 Å². The number of thiazole rings is 1. The van der Waals surface area contributed by atoms with Crippen molar-refractivity contribution >= 4 is 23.1 Å². The van der Waals surface area contributed by atoms with Gasteiger partial charge in [-0.05, 0) is 30.7 Å². The van der Waals surface area contributed by atoms with Gasteiger partial charge in [-0.15, -0.1) is 23.1 Å². The van der Waals surface area contributed by atoms with Gasteiger partial charge in [0.25, 0.3) is 0 Å². The number of rotatable bonds is 4. The molecule has 3 rings (SSSR count). The number of benzene rings is 1. The Morgan fingerprint density at radius 1 is 1.25 bits per heavy atom. The van der Waals surface area contributed by atoms with Gasteiger partial charge in [0, 0.05) is 15.8 Å². The molecule has 0 spiro atoms. The SMILES string of the molecule is CCSc1ccc(-c2nc(C3(N)CCCC3)cs2)cc1. The highest BCUT2D eigenvalue weighted by molar-refractivity contribution is 7.99. The van der Waals surface area contributed by atoms with E-state index in [1.807, 2.05) is 11.8 Å². The van der Waals surface area contributed by atoms with Gasteiger partial charge in [-0.3, -0.25) is 0 Å². The second kappa shape index (κ2) is 5.88. The number of nitrogens with zero attached hydrogens (tertiary/aromatic N) is 1. The predicted octanol–water partition coefficient (Wildman–Crippen LogP) is 4.65. The smallest absolute Gasteiger partial charge is 0.123 e. The molecule has 0 bridgehead atoms. The maximum absolute atomic E-state index is 6.48. The molecule has 0 amide bonds. The van der Waals surface area contributed by atoms with Crippen molar-refractivity contribution in [1.29, 1.82) is 0 Å². The van der Waals surface area contributed by atoms with E-state index in [4.69, 9.17) is 10.7 Å². The van der Waals surface area contributed by atoms with Gasteiger partial charge in [0.2, 0.25) is 0 Å². The second-order valence-electron chi connectivity index (χ2n) is 5.36. The largest absolute Gasteiger partial charge is 0.320 e. The highest BCUT2D eigenvalue weighted by atomic mass is 32.2. The predicted molar refractivity (Wildman–Crippen MR) is 88.3 cm³/mol. The van der Waals surface area contributed by atoms with Gasteiger partial charge in [-0.2, -0.15) is 0 Å². The minimum Gasteiger partial charge on any atom is -0.320 e. The Morgan fingerprint density at radius 3 is 2.60 bits per heavy atom. The van der Waals surface area contributed by atoms with E-state index >= 15 is 0 Å². The van der Waals surface area contributed by atoms with Crippen molar-refractivity contribution in [1.82, 2.24) is 4.98 Å². The molecule has 0 radical (unpaired) electrons. The van der Waals surface area contributed by atoms with E-state index in [0.717, 1.165) is 29.3 Å². The summed E-state index contributed by atoms with van der Waals surface area (Å²) >= 11 is 3.58. The molecule has 1 fully saturated rings. The van der Waals surface area contributed by atoms with Crippen LogP contribution in [-0.2, 0) is 5.54 Å². The van der Waals surface area contributed by atoms with Gasteiger partial charge in [0.1, 0.15) is 5.01 Å². The average molecular weight is 304 g/mol. The summed E-state index contributed by atoms with van der Waals surface area (Å²) in [6.07, 6.45) is 4.60. The zero-order valence-electron chi connectivity index (χ0n) is 11.8. The Morgan fingerprint density at radius 2 is 1.95 bits per heavy atom. The molecule has 2 aromatic rings. The summed E-state index contributed by atoms with van der Waals surface area (Å²) in [7, 11) is 0. The van der Waals surface area contributed by atoms with Crippen LogP contribution in [0.1, 0.15) is 38.3 Å². The quantitative estimate of drug-likeness (QED) is 0.836. The molecule has 4 heteroatoms. The van der Waals surface area contributed by atoms with E-state index < -0.39 is 0 Å². The highest BCUT2D eigenvalue weighted by Crippen LogP contribution is 2.38. The Labute approximate surface area is 128 Å². The Hall–Kier alpha value is -0.840. The summed E-state index contributed by atoms with van der Waals surface area (Å²) in [6, 6.07) is 8.69. The summed E-state index contributed by atoms with van der Waals surface area (Å²) in [5.74, 6) is 1.11. The van der Waals surface area contributed by atoms with Crippen LogP contribution in [0.4, 0.5) is 0 Å². The van der Waals surface area contributed by atoms with Crippen LogP contribution in [0, 0.1) is 0 Å². The van der Waals surface area contributed by atoms with Gasteiger partial charge < -0.3 is 5.73 Å². The van der Waals surface area contributed by atoms with E-state index in [9.17, 15) is 0 Å². The summed E-state index contributed by atoms with van der Waals surface area (Å²) in [5.41, 5.74) is 8.59. The Kier molecular flexibility index (Phi) is 4.15. The molecular formula is C16H20N2S2. The summed E-state index contributed by atoms with van der Waals surface area (Å²) in [4.78, 5) is 6.12. The van der Waals surface area contributed by atoms with E-state index in [-0.39, 0.29) is 5.54 Å². The van der Waals surface area contributed by atoms with Crippen LogP contribution in [0.5, 0.6) is 0 Å². The van der Waals surface area contributed by atoms with Crippen molar-refractivity contribution in [3.8, 4) is 10.6 Å². The van der Waals surface area contributed by atoms with E-state index in [2.05, 4.69) is 36.6 Å². The van der Waals surface area contributed by atoms with Crippen molar-refractivity contribution in [2.75, 3.05) is 5.75 Å². The summed E-state index contributed by atoms with van der Waals surface area (Å²) in [5, 5.41) is 3.24. The molecule has 0 aliphatic heterocycles. The molecule has 1 aliphatic carbocycles. The van der Waals surface area contributed by atoms with Crippen LogP contribution in [0.25, 0.3) is 10.6 Å². The van der Waals surface area contributed by atoms with Crippen molar-refractivity contribution in [2.24, 2.45) is 5.73 Å². The van der Waals surface area contributed by atoms with Gasteiger partial charge in [-0.25, -0.2) is 4.98 Å². The van der Waals surface area contributed by atoms with Crippen LogP contribution in [0.3, 0.4) is 0 Å². The fourth-order valence-corrected chi connectivity index (χ4v) is 4.35. The Balaban J connectivity index is 1.82. The lowest BCUT2D eigenvalue weighted by atomic mass is 9.96. The molecule has 106 valence electrons. The normalized spacial score (nSPS) is 17.5. The minimum atomic E-state index is -0.174. The molecule has 0 unspecified atom stereocenters. The van der Waals surface area contributed by atoms with E-state index in [0.29, 0.717) is 0 Å². The highest BCUT2D eigenvalue weighted by Gasteiger charge is 2.33. The third-order valence-electron chi connectivity index (χ3n) is 3.92. The average Bonchev–Trinajstić information content (AvgIpc) is 3.10. The van der Waals surface area contributed by atoms with Gasteiger partial charge >= 0.3 is 0 Å². The number of thioether (sulfide) groups is 1. The Bertz CT molecular complexity index is 568. The van der Waals surface area contributed by atoms with Crippen LogP contribution in [-0.4, -0.2) is 10.7 Å². The lowest BCUT2D eigenvalue weighted by Gasteiger charge is -2.20. The number of nitrogens with two attached hydrogens (primary N) is 1. The minimum absolute atomic E-state index is 0.174. The molecule has 0 saturated heterocycles. The lowest BCUT2D eigenvalue weighted by molar-refractivity contribution is 0.450. The van der Waals surface area contributed by atoms with E-state index in [1.165, 1.54) is 23.3 Å². The summed E-state index contributed by atoms with van der Waals surface area (Å²) < 4.78 is 0. The first-order valence-electron chi connectivity index (χ1n) is 7.19. The lowest BCUT2D eigenvalue weighted by Crippen LogP contribution is -2.33. The monoisotopic (exact) mass is 304 g/mol. The van der Waals surface area contributed by atoms with Gasteiger partial charge in [0.05, 0.1) is 11.2 Å². The van der Waals surface area contributed by atoms with Gasteiger partial charge in [-0.1, -0.05) is 31.9 Å². The molecule has 1 saturated carbocycles. The number of hydrogen-bond donors (Lipinski definition) is 1. The fraction of sp³-hybridized carbons (Fsp3) is 0.438. The molecule has 1 aromatic carbocycles. The first kappa shape index (κ1) is 14.1. The van der Waals surface area contributed by atoms with Crippen molar-refractivity contribution < 1.29 is 0 Å². The van der Waals surface area contributed by atoms with Crippen LogP contribution in [0.2, 0.25) is 0 Å². The first-order chi connectivity index (χ1) is 9.71. The van der Waals surface area contributed by atoms with Crippen molar-refractivity contribution in [2.45, 2.75) is 43.0 Å². The molecule has 1 aromatic heterocycles. The third kappa shape index (κ3) is 2.78. The zero-order valence-corrected chi connectivity index (χ0v) is 13.4. The molecule has 0 atom stereocenters. The van der Waals surface area contributed by atoms with Crippen LogP contribution < -0.4 is 5.73 Å². The zero-order chi connectivity index (χ0) is 14.0. The fourth-order valence-electron chi connectivity index (χ4n) is 2.76. The maximum Gasteiger partial charge on any atom is 0.123 e. The summed E-state index contributed by atoms with van der Waals surface area (Å²) in [6.45, 7) is 2.17. The number of aromatic nitrogens is 1. The number of hydrogen-bond acceptors (Lipinski definition) is 4. The maximum atomic E-state index is 6.48. The molecule has 2 N–H and O–H groups in total. The standard InChI is InChI=1S/C16H20N2S2/c1-2-19-13-7-5-12(6-8-13)15-18-14(11-20-15)16(17)9-3-4-10-16/h5-8,11H,2-4,9-10,17H2,1H3. The molecule has 1 aliphatic rings. The van der Waals surface area contributed by atoms with Gasteiger partial charge in [0.15, 0.2) is 0 Å². The van der Waals surface area contributed by atoms with E-state index in [1.54, 1.807) is 11.3 Å². The molecule has 1 heterocycles. The first-order valence-corrected chi connectivity index (χ1v) is 9.06. The molecule has 2 nitrogen and oxygen atoms in total. The second-order valence-corrected chi connectivity index (χ2v) is 7.55. The van der Waals surface area contributed by atoms with Crippen molar-refractivity contribution in [3.05, 3.63) is 35.3 Å².